The SMILES string of the molecule is Cl.Cn1cc(CCNC(=O)CC2(CN)CCCCC2)cn1. The molecule has 1 saturated carbocycles. The first-order valence-electron chi connectivity index (χ1n) is 7.58. The standard InChI is InChI=1S/C15H26N4O.ClH/c1-19-11-13(10-18-19)5-8-17-14(20)9-15(12-16)6-3-2-4-7-15;/h10-11H,2-9,12,16H2,1H3,(H,17,20);1H. The van der Waals surface area contributed by atoms with E-state index in [4.69, 9.17) is 5.73 Å². The van der Waals surface area contributed by atoms with Crippen molar-refractivity contribution in [1.29, 1.82) is 0 Å². The predicted octanol–water partition coefficient (Wildman–Crippen LogP) is 1.80. The maximum absolute atomic E-state index is 12.1. The molecule has 2 rings (SSSR count). The van der Waals surface area contributed by atoms with Gasteiger partial charge in [0, 0.05) is 26.2 Å². The number of carbonyl (C=O) groups is 1. The number of halogens is 1. The van der Waals surface area contributed by atoms with Gasteiger partial charge in [-0.2, -0.15) is 5.10 Å². The largest absolute Gasteiger partial charge is 0.356 e. The van der Waals surface area contributed by atoms with Gasteiger partial charge >= 0.3 is 0 Å². The summed E-state index contributed by atoms with van der Waals surface area (Å²) < 4.78 is 1.78. The normalized spacial score (nSPS) is 17.0. The van der Waals surface area contributed by atoms with Gasteiger partial charge in [0.25, 0.3) is 0 Å². The fourth-order valence-corrected chi connectivity index (χ4v) is 3.11. The molecule has 5 nitrogen and oxygen atoms in total. The number of hydrogen-bond acceptors (Lipinski definition) is 3. The van der Waals surface area contributed by atoms with Crippen molar-refractivity contribution in [3.05, 3.63) is 18.0 Å². The summed E-state index contributed by atoms with van der Waals surface area (Å²) in [6.45, 7) is 1.30. The van der Waals surface area contributed by atoms with Gasteiger partial charge in [-0.05, 0) is 36.8 Å². The maximum atomic E-state index is 12.1. The van der Waals surface area contributed by atoms with Crippen molar-refractivity contribution in [3.8, 4) is 0 Å². The molecule has 6 heteroatoms. The average Bonchev–Trinajstić information content (AvgIpc) is 2.85. The Hall–Kier alpha value is -1.07. The molecule has 1 aromatic heterocycles. The summed E-state index contributed by atoms with van der Waals surface area (Å²) in [6.07, 6.45) is 11.1. The minimum absolute atomic E-state index is 0. The van der Waals surface area contributed by atoms with E-state index in [1.54, 1.807) is 4.68 Å². The molecule has 1 amide bonds. The number of amides is 1. The summed E-state index contributed by atoms with van der Waals surface area (Å²) >= 11 is 0. The van der Waals surface area contributed by atoms with E-state index in [1.165, 1.54) is 19.3 Å². The van der Waals surface area contributed by atoms with Gasteiger partial charge in [0.15, 0.2) is 0 Å². The molecule has 0 spiro atoms. The van der Waals surface area contributed by atoms with Crippen LogP contribution in [0, 0.1) is 5.41 Å². The third-order valence-electron chi connectivity index (χ3n) is 4.38. The van der Waals surface area contributed by atoms with Gasteiger partial charge in [-0.3, -0.25) is 9.48 Å². The molecular formula is C15H27ClN4O. The van der Waals surface area contributed by atoms with Gasteiger partial charge in [-0.1, -0.05) is 19.3 Å². The van der Waals surface area contributed by atoms with Gasteiger partial charge in [0.2, 0.25) is 5.91 Å². The van der Waals surface area contributed by atoms with Crippen LogP contribution in [0.2, 0.25) is 0 Å². The summed E-state index contributed by atoms with van der Waals surface area (Å²) in [6, 6.07) is 0. The first-order chi connectivity index (χ1) is 9.63. The minimum atomic E-state index is 0. The van der Waals surface area contributed by atoms with Crippen molar-refractivity contribution >= 4 is 18.3 Å². The van der Waals surface area contributed by atoms with E-state index in [0.717, 1.165) is 24.8 Å². The van der Waals surface area contributed by atoms with Gasteiger partial charge in [0.1, 0.15) is 0 Å². The van der Waals surface area contributed by atoms with Crippen LogP contribution >= 0.6 is 12.4 Å². The molecule has 1 heterocycles. The predicted molar refractivity (Wildman–Crippen MR) is 86.4 cm³/mol. The molecule has 0 radical (unpaired) electrons. The summed E-state index contributed by atoms with van der Waals surface area (Å²) in [4.78, 5) is 12.1. The van der Waals surface area contributed by atoms with Gasteiger partial charge in [-0.25, -0.2) is 0 Å². The van der Waals surface area contributed by atoms with Crippen LogP contribution in [0.5, 0.6) is 0 Å². The highest BCUT2D eigenvalue weighted by Crippen LogP contribution is 2.38. The quantitative estimate of drug-likeness (QED) is 0.841. The molecule has 0 aromatic carbocycles. The van der Waals surface area contributed by atoms with Crippen molar-refractivity contribution in [2.75, 3.05) is 13.1 Å². The average molecular weight is 315 g/mol. The smallest absolute Gasteiger partial charge is 0.220 e. The van der Waals surface area contributed by atoms with Crippen LogP contribution in [0.3, 0.4) is 0 Å². The molecule has 3 N–H and O–H groups in total. The Bertz CT molecular complexity index is 441. The van der Waals surface area contributed by atoms with E-state index in [2.05, 4.69) is 10.4 Å². The number of aromatic nitrogens is 2. The lowest BCUT2D eigenvalue weighted by atomic mass is 9.71. The van der Waals surface area contributed by atoms with E-state index in [0.29, 0.717) is 19.5 Å². The fraction of sp³-hybridized carbons (Fsp3) is 0.733. The Morgan fingerprint density at radius 3 is 2.71 bits per heavy atom. The molecule has 21 heavy (non-hydrogen) atoms. The Kier molecular flexibility index (Phi) is 7.18. The van der Waals surface area contributed by atoms with E-state index in [9.17, 15) is 4.79 Å². The first-order valence-corrected chi connectivity index (χ1v) is 7.58. The number of nitrogens with one attached hydrogen (secondary N) is 1. The number of nitrogens with zero attached hydrogens (tertiary/aromatic N) is 2. The highest BCUT2D eigenvalue weighted by atomic mass is 35.5. The number of aryl methyl sites for hydroxylation is 1. The molecule has 0 aliphatic heterocycles. The topological polar surface area (TPSA) is 72.9 Å². The van der Waals surface area contributed by atoms with Crippen LogP contribution in [-0.4, -0.2) is 28.8 Å². The van der Waals surface area contributed by atoms with Crippen LogP contribution < -0.4 is 11.1 Å². The Labute approximate surface area is 133 Å². The zero-order valence-corrected chi connectivity index (χ0v) is 13.6. The summed E-state index contributed by atoms with van der Waals surface area (Å²) in [5, 5.41) is 7.13. The molecule has 0 unspecified atom stereocenters. The number of hydrogen-bond donors (Lipinski definition) is 2. The third kappa shape index (κ3) is 5.32. The van der Waals surface area contributed by atoms with Crippen LogP contribution in [0.4, 0.5) is 0 Å². The summed E-state index contributed by atoms with van der Waals surface area (Å²) in [5.74, 6) is 0.140. The van der Waals surface area contributed by atoms with Crippen LogP contribution in [-0.2, 0) is 18.3 Å². The molecule has 1 fully saturated rings. The third-order valence-corrected chi connectivity index (χ3v) is 4.38. The highest BCUT2D eigenvalue weighted by molar-refractivity contribution is 5.85. The van der Waals surface area contributed by atoms with Gasteiger partial charge in [-0.15, -0.1) is 12.4 Å². The molecular weight excluding hydrogens is 288 g/mol. The fourth-order valence-electron chi connectivity index (χ4n) is 3.11. The van der Waals surface area contributed by atoms with Gasteiger partial charge < -0.3 is 11.1 Å². The molecule has 0 saturated heterocycles. The Morgan fingerprint density at radius 1 is 1.43 bits per heavy atom. The monoisotopic (exact) mass is 314 g/mol. The van der Waals surface area contributed by atoms with Crippen molar-refractivity contribution in [2.45, 2.75) is 44.9 Å². The molecule has 120 valence electrons. The number of carbonyl (C=O) groups excluding carboxylic acids is 1. The lowest BCUT2D eigenvalue weighted by molar-refractivity contribution is -0.123. The van der Waals surface area contributed by atoms with E-state index < -0.39 is 0 Å². The Balaban J connectivity index is 0.00000220. The molecule has 0 atom stereocenters. The van der Waals surface area contributed by atoms with Crippen molar-refractivity contribution in [1.82, 2.24) is 15.1 Å². The number of rotatable bonds is 6. The van der Waals surface area contributed by atoms with Crippen LogP contribution in [0.1, 0.15) is 44.1 Å². The summed E-state index contributed by atoms with van der Waals surface area (Å²) in [7, 11) is 1.90. The van der Waals surface area contributed by atoms with Crippen molar-refractivity contribution in [2.24, 2.45) is 18.2 Å². The highest BCUT2D eigenvalue weighted by Gasteiger charge is 2.32. The van der Waals surface area contributed by atoms with Gasteiger partial charge in [0.05, 0.1) is 6.20 Å². The number of nitrogens with two attached hydrogens (primary N) is 1. The molecule has 1 aromatic rings. The maximum Gasteiger partial charge on any atom is 0.220 e. The first kappa shape index (κ1) is 18.0. The van der Waals surface area contributed by atoms with E-state index >= 15 is 0 Å². The van der Waals surface area contributed by atoms with Crippen LogP contribution in [0.25, 0.3) is 0 Å². The summed E-state index contributed by atoms with van der Waals surface area (Å²) in [5.41, 5.74) is 7.12. The van der Waals surface area contributed by atoms with Crippen LogP contribution in [0.15, 0.2) is 12.4 Å². The van der Waals surface area contributed by atoms with Crippen molar-refractivity contribution < 1.29 is 4.79 Å². The lowest BCUT2D eigenvalue weighted by Gasteiger charge is -2.35. The second-order valence-corrected chi connectivity index (χ2v) is 6.06. The molecule has 1 aliphatic rings. The Morgan fingerprint density at radius 2 is 2.14 bits per heavy atom. The minimum Gasteiger partial charge on any atom is -0.356 e. The lowest BCUT2D eigenvalue weighted by Crippen LogP contribution is -2.39. The van der Waals surface area contributed by atoms with E-state index in [-0.39, 0.29) is 23.7 Å². The van der Waals surface area contributed by atoms with E-state index in [1.807, 2.05) is 19.4 Å². The second-order valence-electron chi connectivity index (χ2n) is 6.06. The zero-order chi connectivity index (χ0) is 14.4. The molecule has 0 bridgehead atoms. The second kappa shape index (κ2) is 8.39. The zero-order valence-electron chi connectivity index (χ0n) is 12.8. The van der Waals surface area contributed by atoms with Crippen molar-refractivity contribution in [3.63, 3.8) is 0 Å². The molecule has 1 aliphatic carbocycles.